The molecule has 1 amide bonds. The second kappa shape index (κ2) is 6.66. The molecule has 1 N–H and O–H groups in total. The van der Waals surface area contributed by atoms with Crippen LogP contribution >= 0.6 is 0 Å². The van der Waals surface area contributed by atoms with Gasteiger partial charge >= 0.3 is 0 Å². The lowest BCUT2D eigenvalue weighted by molar-refractivity contribution is -0.134. The maximum atomic E-state index is 13.6. The van der Waals surface area contributed by atoms with Crippen LogP contribution in [-0.4, -0.2) is 35.1 Å². The summed E-state index contributed by atoms with van der Waals surface area (Å²) in [6.07, 6.45) is 3.74. The first-order chi connectivity index (χ1) is 9.22. The Balaban J connectivity index is 2.03. The minimum atomic E-state index is -0.327. The van der Waals surface area contributed by atoms with Crippen molar-refractivity contribution in [3.63, 3.8) is 0 Å². The topological polar surface area (TPSA) is 40.5 Å². The van der Waals surface area contributed by atoms with Crippen molar-refractivity contribution >= 4 is 5.91 Å². The van der Waals surface area contributed by atoms with E-state index in [1.807, 2.05) is 4.90 Å². The Morgan fingerprint density at radius 1 is 1.37 bits per heavy atom. The highest BCUT2D eigenvalue weighted by molar-refractivity contribution is 5.79. The summed E-state index contributed by atoms with van der Waals surface area (Å²) < 4.78 is 13.6. The number of aliphatic hydroxyl groups is 1. The number of amides is 1. The van der Waals surface area contributed by atoms with Gasteiger partial charge in [0, 0.05) is 19.2 Å². The van der Waals surface area contributed by atoms with Crippen LogP contribution in [0.4, 0.5) is 4.39 Å². The van der Waals surface area contributed by atoms with E-state index in [0.29, 0.717) is 12.0 Å². The summed E-state index contributed by atoms with van der Waals surface area (Å²) in [5.74, 6) is -0.366. The van der Waals surface area contributed by atoms with Crippen molar-refractivity contribution in [2.45, 2.75) is 38.1 Å². The number of rotatable bonds is 4. The Hall–Kier alpha value is -1.42. The van der Waals surface area contributed by atoms with Crippen LogP contribution in [0.1, 0.15) is 31.2 Å². The Labute approximate surface area is 113 Å². The van der Waals surface area contributed by atoms with E-state index >= 15 is 0 Å². The number of piperidine rings is 1. The molecule has 0 saturated carbocycles. The van der Waals surface area contributed by atoms with E-state index in [1.165, 1.54) is 6.07 Å². The van der Waals surface area contributed by atoms with Crippen molar-refractivity contribution in [2.75, 3.05) is 13.2 Å². The van der Waals surface area contributed by atoms with Gasteiger partial charge in [-0.15, -0.1) is 0 Å². The van der Waals surface area contributed by atoms with Crippen LogP contribution in [0, 0.1) is 5.82 Å². The number of halogens is 1. The third-order valence-electron chi connectivity index (χ3n) is 3.71. The summed E-state index contributed by atoms with van der Waals surface area (Å²) >= 11 is 0. The summed E-state index contributed by atoms with van der Waals surface area (Å²) in [5.41, 5.74) is 0.445. The third kappa shape index (κ3) is 3.53. The van der Waals surface area contributed by atoms with Gasteiger partial charge in [0.1, 0.15) is 5.82 Å². The van der Waals surface area contributed by atoms with Crippen molar-refractivity contribution in [2.24, 2.45) is 0 Å². The molecule has 19 heavy (non-hydrogen) atoms. The van der Waals surface area contributed by atoms with Crippen LogP contribution in [0.15, 0.2) is 24.3 Å². The smallest absolute Gasteiger partial charge is 0.227 e. The highest BCUT2D eigenvalue weighted by atomic mass is 19.1. The van der Waals surface area contributed by atoms with Crippen LogP contribution in [0.2, 0.25) is 0 Å². The molecule has 3 nitrogen and oxygen atoms in total. The summed E-state index contributed by atoms with van der Waals surface area (Å²) in [4.78, 5) is 14.1. The van der Waals surface area contributed by atoms with Crippen LogP contribution in [0.25, 0.3) is 0 Å². The highest BCUT2D eigenvalue weighted by Gasteiger charge is 2.26. The SMILES string of the molecule is O=C(Cc1ccccc1F)N1CCCCC1CCO. The fourth-order valence-electron chi connectivity index (χ4n) is 2.68. The molecule has 0 bridgehead atoms. The van der Waals surface area contributed by atoms with Gasteiger partial charge in [-0.1, -0.05) is 18.2 Å². The fraction of sp³-hybridized carbons (Fsp3) is 0.533. The predicted molar refractivity (Wildman–Crippen MR) is 71.2 cm³/mol. The average Bonchev–Trinajstić information content (AvgIpc) is 2.42. The summed E-state index contributed by atoms with van der Waals surface area (Å²) in [7, 11) is 0. The van der Waals surface area contributed by atoms with Crippen molar-refractivity contribution in [3.8, 4) is 0 Å². The zero-order chi connectivity index (χ0) is 13.7. The highest BCUT2D eigenvalue weighted by Crippen LogP contribution is 2.21. The molecule has 1 unspecified atom stereocenters. The van der Waals surface area contributed by atoms with E-state index < -0.39 is 0 Å². The summed E-state index contributed by atoms with van der Waals surface area (Å²) in [6, 6.07) is 6.51. The zero-order valence-electron chi connectivity index (χ0n) is 11.0. The molecule has 0 radical (unpaired) electrons. The number of carbonyl (C=O) groups is 1. The van der Waals surface area contributed by atoms with Gasteiger partial charge < -0.3 is 10.0 Å². The summed E-state index contributed by atoms with van der Waals surface area (Å²) in [5, 5.41) is 9.05. The predicted octanol–water partition coefficient (Wildman–Crippen LogP) is 2.13. The molecule has 1 aromatic carbocycles. The van der Waals surface area contributed by atoms with Crippen molar-refractivity contribution in [3.05, 3.63) is 35.6 Å². The zero-order valence-corrected chi connectivity index (χ0v) is 11.0. The van der Waals surface area contributed by atoms with E-state index in [-0.39, 0.29) is 30.8 Å². The van der Waals surface area contributed by atoms with Gasteiger partial charge in [0.2, 0.25) is 5.91 Å². The van der Waals surface area contributed by atoms with Crippen molar-refractivity contribution < 1.29 is 14.3 Å². The molecule has 1 fully saturated rings. The molecule has 0 aromatic heterocycles. The lowest BCUT2D eigenvalue weighted by Crippen LogP contribution is -2.44. The maximum Gasteiger partial charge on any atom is 0.227 e. The molecular weight excluding hydrogens is 245 g/mol. The largest absolute Gasteiger partial charge is 0.396 e. The molecule has 104 valence electrons. The van der Waals surface area contributed by atoms with Crippen molar-refractivity contribution in [1.82, 2.24) is 4.90 Å². The Bertz CT molecular complexity index is 434. The van der Waals surface area contributed by atoms with Crippen LogP contribution in [0.3, 0.4) is 0 Å². The maximum absolute atomic E-state index is 13.6. The molecular formula is C15H20FNO2. The van der Waals surface area contributed by atoms with Gasteiger partial charge in [0.15, 0.2) is 0 Å². The quantitative estimate of drug-likeness (QED) is 0.906. The molecule has 1 heterocycles. The fourth-order valence-corrected chi connectivity index (χ4v) is 2.68. The number of benzene rings is 1. The third-order valence-corrected chi connectivity index (χ3v) is 3.71. The number of aliphatic hydroxyl groups excluding tert-OH is 1. The number of hydrogen-bond donors (Lipinski definition) is 1. The first-order valence-corrected chi connectivity index (χ1v) is 6.86. The number of carbonyl (C=O) groups excluding carboxylic acids is 1. The number of nitrogens with zero attached hydrogens (tertiary/aromatic N) is 1. The van der Waals surface area contributed by atoms with E-state index in [4.69, 9.17) is 5.11 Å². The van der Waals surface area contributed by atoms with Crippen LogP contribution in [0.5, 0.6) is 0 Å². The first kappa shape index (κ1) is 14.0. The van der Waals surface area contributed by atoms with E-state index in [1.54, 1.807) is 18.2 Å². The minimum absolute atomic E-state index is 0.0387. The second-order valence-corrected chi connectivity index (χ2v) is 5.02. The monoisotopic (exact) mass is 265 g/mol. The summed E-state index contributed by atoms with van der Waals surface area (Å²) in [6.45, 7) is 0.812. The van der Waals surface area contributed by atoms with E-state index in [9.17, 15) is 9.18 Å². The Kier molecular flexibility index (Phi) is 4.91. The molecule has 1 aromatic rings. The van der Waals surface area contributed by atoms with Gasteiger partial charge in [0.25, 0.3) is 0 Å². The number of hydrogen-bond acceptors (Lipinski definition) is 2. The van der Waals surface area contributed by atoms with Crippen LogP contribution in [-0.2, 0) is 11.2 Å². The van der Waals surface area contributed by atoms with Gasteiger partial charge in [-0.05, 0) is 37.3 Å². The van der Waals surface area contributed by atoms with E-state index in [0.717, 1.165) is 25.8 Å². The Morgan fingerprint density at radius 3 is 2.89 bits per heavy atom. The molecule has 2 rings (SSSR count). The van der Waals surface area contributed by atoms with Gasteiger partial charge in [-0.25, -0.2) is 4.39 Å². The van der Waals surface area contributed by atoms with Gasteiger partial charge in [-0.3, -0.25) is 4.79 Å². The standard InChI is InChI=1S/C15H20FNO2/c16-14-7-2-1-5-12(14)11-15(19)17-9-4-3-6-13(17)8-10-18/h1-2,5,7,13,18H,3-4,6,8-11H2. The first-order valence-electron chi connectivity index (χ1n) is 6.86. The lowest BCUT2D eigenvalue weighted by Gasteiger charge is -2.35. The molecule has 1 atom stereocenters. The molecule has 0 aliphatic carbocycles. The Morgan fingerprint density at radius 2 is 2.16 bits per heavy atom. The molecule has 4 heteroatoms. The average molecular weight is 265 g/mol. The normalized spacial score (nSPS) is 19.5. The van der Waals surface area contributed by atoms with Crippen LogP contribution < -0.4 is 0 Å². The molecule has 1 saturated heterocycles. The lowest BCUT2D eigenvalue weighted by atomic mass is 9.98. The van der Waals surface area contributed by atoms with Crippen molar-refractivity contribution in [1.29, 1.82) is 0 Å². The van der Waals surface area contributed by atoms with Gasteiger partial charge in [-0.2, -0.15) is 0 Å². The molecule has 0 spiro atoms. The second-order valence-electron chi connectivity index (χ2n) is 5.02. The molecule has 1 aliphatic heterocycles. The molecule has 1 aliphatic rings. The minimum Gasteiger partial charge on any atom is -0.396 e. The van der Waals surface area contributed by atoms with E-state index in [2.05, 4.69) is 0 Å². The number of likely N-dealkylation sites (tertiary alicyclic amines) is 1. The van der Waals surface area contributed by atoms with Gasteiger partial charge in [0.05, 0.1) is 6.42 Å².